The molecule has 0 fully saturated rings. The molecule has 1 amide bonds. The van der Waals surface area contributed by atoms with E-state index >= 15 is 0 Å². The summed E-state index contributed by atoms with van der Waals surface area (Å²) >= 11 is 0. The lowest BCUT2D eigenvalue weighted by molar-refractivity contribution is -0.116. The number of anilines is 1. The third kappa shape index (κ3) is 3.53. The van der Waals surface area contributed by atoms with Crippen LogP contribution in [0.2, 0.25) is 0 Å². The van der Waals surface area contributed by atoms with E-state index in [0.29, 0.717) is 32.4 Å². The van der Waals surface area contributed by atoms with Crippen molar-refractivity contribution in [2.45, 2.75) is 31.1 Å². The van der Waals surface area contributed by atoms with Crippen LogP contribution in [0.3, 0.4) is 0 Å². The van der Waals surface area contributed by atoms with Gasteiger partial charge in [0.15, 0.2) is 0 Å². The first-order valence-electron chi connectivity index (χ1n) is 9.27. The molecule has 1 aliphatic heterocycles. The van der Waals surface area contributed by atoms with Crippen molar-refractivity contribution in [3.8, 4) is 0 Å². The molecular weight excluding hydrogens is 376 g/mol. The Kier molecular flexibility index (Phi) is 4.91. The minimum Gasteiger partial charge on any atom is -0.312 e. The molecule has 7 nitrogen and oxygen atoms in total. The third-order valence-corrected chi connectivity index (χ3v) is 6.48. The SMILES string of the molecule is CC(=O)N1CCc2cc(S(=O)(=O)NCCCc3ncc4ccccn34)ccc21. The van der Waals surface area contributed by atoms with Gasteiger partial charge in [0.2, 0.25) is 15.9 Å². The highest BCUT2D eigenvalue weighted by molar-refractivity contribution is 7.89. The van der Waals surface area contributed by atoms with Crippen LogP contribution < -0.4 is 9.62 Å². The molecule has 0 unspecified atom stereocenters. The van der Waals surface area contributed by atoms with Crippen LogP contribution >= 0.6 is 0 Å². The minimum atomic E-state index is -3.58. The number of hydrogen-bond donors (Lipinski definition) is 1. The summed E-state index contributed by atoms with van der Waals surface area (Å²) in [6.07, 6.45) is 5.77. The number of aromatic nitrogens is 2. The normalized spacial score (nSPS) is 13.8. The Bertz CT molecular complexity index is 1140. The zero-order valence-corrected chi connectivity index (χ0v) is 16.4. The van der Waals surface area contributed by atoms with Gasteiger partial charge in [-0.05, 0) is 48.7 Å². The van der Waals surface area contributed by atoms with Crippen LogP contribution in [0.4, 0.5) is 5.69 Å². The molecule has 2 aromatic heterocycles. The van der Waals surface area contributed by atoms with Crippen molar-refractivity contribution in [2.75, 3.05) is 18.0 Å². The van der Waals surface area contributed by atoms with Gasteiger partial charge >= 0.3 is 0 Å². The van der Waals surface area contributed by atoms with Crippen LogP contribution in [0.5, 0.6) is 0 Å². The fraction of sp³-hybridized carbons (Fsp3) is 0.300. The van der Waals surface area contributed by atoms with Gasteiger partial charge in [-0.1, -0.05) is 6.07 Å². The Morgan fingerprint density at radius 3 is 2.93 bits per heavy atom. The fourth-order valence-electron chi connectivity index (χ4n) is 3.59. The number of nitrogens with one attached hydrogen (secondary N) is 1. The van der Waals surface area contributed by atoms with Gasteiger partial charge in [-0.15, -0.1) is 0 Å². The number of nitrogens with zero attached hydrogens (tertiary/aromatic N) is 3. The Morgan fingerprint density at radius 2 is 2.11 bits per heavy atom. The molecule has 0 saturated heterocycles. The van der Waals surface area contributed by atoms with Crippen molar-refractivity contribution in [1.82, 2.24) is 14.1 Å². The van der Waals surface area contributed by atoms with Crippen LogP contribution in [0.25, 0.3) is 5.52 Å². The standard InChI is InChI=1S/C20H22N4O3S/c1-15(25)23-12-9-16-13-18(7-8-19(16)23)28(26,27)22-10-4-6-20-21-14-17-5-2-3-11-24(17)20/h2-3,5,7-8,11,13-14,22H,4,6,9-10,12H2,1H3. The van der Waals surface area contributed by atoms with Crippen molar-refractivity contribution in [1.29, 1.82) is 0 Å². The van der Waals surface area contributed by atoms with Gasteiger partial charge in [0.25, 0.3) is 0 Å². The van der Waals surface area contributed by atoms with E-state index in [2.05, 4.69) is 9.71 Å². The number of imidazole rings is 1. The first-order valence-corrected chi connectivity index (χ1v) is 10.8. The van der Waals surface area contributed by atoms with Gasteiger partial charge in [0.1, 0.15) is 5.82 Å². The van der Waals surface area contributed by atoms with E-state index in [4.69, 9.17) is 0 Å². The highest BCUT2D eigenvalue weighted by Crippen LogP contribution is 2.30. The quantitative estimate of drug-likeness (QED) is 0.645. The highest BCUT2D eigenvalue weighted by atomic mass is 32.2. The molecule has 1 aliphatic rings. The number of fused-ring (bicyclic) bond motifs is 2. The predicted molar refractivity (Wildman–Crippen MR) is 107 cm³/mol. The molecule has 0 radical (unpaired) electrons. The van der Waals surface area contributed by atoms with Crippen LogP contribution in [0.1, 0.15) is 24.7 Å². The maximum absolute atomic E-state index is 12.6. The summed E-state index contributed by atoms with van der Waals surface area (Å²) in [5.41, 5.74) is 2.72. The maximum atomic E-state index is 12.6. The highest BCUT2D eigenvalue weighted by Gasteiger charge is 2.24. The van der Waals surface area contributed by atoms with Crippen molar-refractivity contribution >= 4 is 27.1 Å². The lowest BCUT2D eigenvalue weighted by atomic mass is 10.2. The second-order valence-electron chi connectivity index (χ2n) is 6.88. The summed E-state index contributed by atoms with van der Waals surface area (Å²) in [6.45, 7) is 2.45. The molecule has 146 valence electrons. The van der Waals surface area contributed by atoms with Gasteiger partial charge < -0.3 is 9.30 Å². The summed E-state index contributed by atoms with van der Waals surface area (Å²) in [4.78, 5) is 17.9. The number of benzene rings is 1. The Labute approximate surface area is 164 Å². The molecule has 0 saturated carbocycles. The summed E-state index contributed by atoms with van der Waals surface area (Å²) in [7, 11) is -3.58. The van der Waals surface area contributed by atoms with Gasteiger partial charge in [-0.25, -0.2) is 18.1 Å². The largest absolute Gasteiger partial charge is 0.312 e. The molecule has 0 spiro atoms. The van der Waals surface area contributed by atoms with Crippen LogP contribution in [-0.4, -0.2) is 36.8 Å². The molecule has 0 atom stereocenters. The second kappa shape index (κ2) is 7.37. The van der Waals surface area contributed by atoms with E-state index < -0.39 is 10.0 Å². The van der Waals surface area contributed by atoms with Gasteiger partial charge in [0.05, 0.1) is 16.6 Å². The number of sulfonamides is 1. The van der Waals surface area contributed by atoms with Crippen molar-refractivity contribution in [3.63, 3.8) is 0 Å². The minimum absolute atomic E-state index is 0.0287. The van der Waals surface area contributed by atoms with Crippen LogP contribution in [0.15, 0.2) is 53.7 Å². The fourth-order valence-corrected chi connectivity index (χ4v) is 4.72. The van der Waals surface area contributed by atoms with Gasteiger partial charge in [-0.3, -0.25) is 4.79 Å². The summed E-state index contributed by atoms with van der Waals surface area (Å²) in [5, 5.41) is 0. The monoisotopic (exact) mass is 398 g/mol. The zero-order valence-electron chi connectivity index (χ0n) is 15.6. The van der Waals surface area contributed by atoms with E-state index in [1.54, 1.807) is 23.1 Å². The number of aryl methyl sites for hydroxylation is 1. The molecule has 3 aromatic rings. The van der Waals surface area contributed by atoms with Crippen LogP contribution in [0, 0.1) is 0 Å². The first-order chi connectivity index (χ1) is 13.5. The van der Waals surface area contributed by atoms with E-state index in [-0.39, 0.29) is 10.8 Å². The lowest BCUT2D eigenvalue weighted by Gasteiger charge is -2.15. The number of hydrogen-bond acceptors (Lipinski definition) is 4. The summed E-state index contributed by atoms with van der Waals surface area (Å²) in [6, 6.07) is 10.8. The zero-order chi connectivity index (χ0) is 19.7. The van der Waals surface area contributed by atoms with E-state index in [1.807, 2.05) is 35.0 Å². The topological polar surface area (TPSA) is 83.8 Å². The van der Waals surface area contributed by atoms with Crippen molar-refractivity contribution in [3.05, 3.63) is 60.2 Å². The summed E-state index contributed by atoms with van der Waals surface area (Å²) < 4.78 is 29.9. The first kappa shape index (κ1) is 18.6. The van der Waals surface area contributed by atoms with E-state index in [9.17, 15) is 13.2 Å². The number of carbonyl (C=O) groups is 1. The number of pyridine rings is 1. The predicted octanol–water partition coefficient (Wildman–Crippen LogP) is 2.15. The smallest absolute Gasteiger partial charge is 0.240 e. The number of rotatable bonds is 6. The third-order valence-electron chi connectivity index (χ3n) is 5.02. The molecule has 0 aliphatic carbocycles. The lowest BCUT2D eigenvalue weighted by Crippen LogP contribution is -2.26. The molecule has 8 heteroatoms. The van der Waals surface area contributed by atoms with Gasteiger partial charge in [0, 0.05) is 38.3 Å². The number of amides is 1. The number of carbonyl (C=O) groups excluding carboxylic acids is 1. The van der Waals surface area contributed by atoms with Crippen molar-refractivity contribution < 1.29 is 13.2 Å². The average molecular weight is 398 g/mol. The molecule has 1 N–H and O–H groups in total. The maximum Gasteiger partial charge on any atom is 0.240 e. The Balaban J connectivity index is 1.39. The molecule has 4 rings (SSSR count). The molecule has 0 bridgehead atoms. The Morgan fingerprint density at radius 1 is 1.25 bits per heavy atom. The second-order valence-corrected chi connectivity index (χ2v) is 8.65. The van der Waals surface area contributed by atoms with Crippen LogP contribution in [-0.2, 0) is 27.7 Å². The van der Waals surface area contributed by atoms with E-state index in [1.165, 1.54) is 6.92 Å². The van der Waals surface area contributed by atoms with Gasteiger partial charge in [-0.2, -0.15) is 0 Å². The van der Waals surface area contributed by atoms with E-state index in [0.717, 1.165) is 22.6 Å². The Hall–Kier alpha value is -2.71. The average Bonchev–Trinajstić information content (AvgIpc) is 3.29. The molecule has 3 heterocycles. The molecular formula is C20H22N4O3S. The molecule has 1 aromatic carbocycles. The van der Waals surface area contributed by atoms with Crippen molar-refractivity contribution in [2.24, 2.45) is 0 Å². The molecule has 28 heavy (non-hydrogen) atoms. The summed E-state index contributed by atoms with van der Waals surface area (Å²) in [5.74, 6) is 0.885.